The summed E-state index contributed by atoms with van der Waals surface area (Å²) in [6.45, 7) is 1.94. The first-order valence-corrected chi connectivity index (χ1v) is 8.98. The van der Waals surface area contributed by atoms with Gasteiger partial charge in [0.05, 0.1) is 28.6 Å². The SMILES string of the molecule is CCOC(=O)c1ccc(N=C2C(=O)N(c3ccc(F)c(Cl)c3)C(=O)C2Cl)cc1. The maximum atomic E-state index is 13.4. The Bertz CT molecular complexity index is 992. The lowest BCUT2D eigenvalue weighted by atomic mass is 10.2. The van der Waals surface area contributed by atoms with Crippen molar-refractivity contribution in [3.8, 4) is 0 Å². The molecule has 0 spiro atoms. The van der Waals surface area contributed by atoms with Gasteiger partial charge in [-0.3, -0.25) is 9.59 Å². The van der Waals surface area contributed by atoms with E-state index in [-0.39, 0.29) is 23.0 Å². The number of carbonyl (C=O) groups excluding carboxylic acids is 3. The van der Waals surface area contributed by atoms with Gasteiger partial charge >= 0.3 is 5.97 Å². The van der Waals surface area contributed by atoms with Crippen LogP contribution in [-0.2, 0) is 14.3 Å². The second-order valence-corrected chi connectivity index (χ2v) is 6.55. The summed E-state index contributed by atoms with van der Waals surface area (Å²) in [5.74, 6) is -2.61. The van der Waals surface area contributed by atoms with E-state index >= 15 is 0 Å². The number of hydrogen-bond acceptors (Lipinski definition) is 5. The number of hydrogen-bond donors (Lipinski definition) is 0. The number of nitrogens with zero attached hydrogens (tertiary/aromatic N) is 2. The third-order valence-corrected chi connectivity index (χ3v) is 4.57. The van der Waals surface area contributed by atoms with Gasteiger partial charge < -0.3 is 4.74 Å². The number of benzene rings is 2. The standard InChI is InChI=1S/C19H13Cl2FN2O4/c1-2-28-19(27)10-3-5-11(6-4-10)23-16-15(21)17(25)24(18(16)26)12-7-8-14(22)13(20)9-12/h3-9,15H,2H2,1H3. The van der Waals surface area contributed by atoms with Crippen molar-refractivity contribution in [2.45, 2.75) is 12.3 Å². The molecule has 2 aromatic rings. The highest BCUT2D eigenvalue weighted by Crippen LogP contribution is 2.29. The molecule has 1 fully saturated rings. The monoisotopic (exact) mass is 422 g/mol. The summed E-state index contributed by atoms with van der Waals surface area (Å²) in [6.07, 6.45) is 0. The van der Waals surface area contributed by atoms with Gasteiger partial charge in [0.25, 0.3) is 11.8 Å². The summed E-state index contributed by atoms with van der Waals surface area (Å²) < 4.78 is 18.2. The normalized spacial score (nSPS) is 18.1. The molecular formula is C19H13Cl2FN2O4. The number of alkyl halides is 1. The topological polar surface area (TPSA) is 76.0 Å². The summed E-state index contributed by atoms with van der Waals surface area (Å²) in [5.41, 5.74) is 0.560. The predicted molar refractivity (Wildman–Crippen MR) is 103 cm³/mol. The number of carbonyl (C=O) groups is 3. The molecule has 0 saturated carbocycles. The molecule has 6 nitrogen and oxygen atoms in total. The lowest BCUT2D eigenvalue weighted by Crippen LogP contribution is -2.31. The third kappa shape index (κ3) is 3.76. The van der Waals surface area contributed by atoms with Gasteiger partial charge in [0.15, 0.2) is 5.38 Å². The molecule has 0 N–H and O–H groups in total. The molecule has 1 aliphatic rings. The molecule has 0 radical (unpaired) electrons. The van der Waals surface area contributed by atoms with Gasteiger partial charge in [-0.25, -0.2) is 19.1 Å². The van der Waals surface area contributed by atoms with E-state index in [1.807, 2.05) is 0 Å². The smallest absolute Gasteiger partial charge is 0.338 e. The zero-order valence-corrected chi connectivity index (χ0v) is 16.0. The van der Waals surface area contributed by atoms with E-state index < -0.39 is 29.0 Å². The Labute approximate surface area is 169 Å². The zero-order chi connectivity index (χ0) is 20.4. The number of anilines is 1. The van der Waals surface area contributed by atoms with Crippen molar-refractivity contribution in [3.63, 3.8) is 0 Å². The van der Waals surface area contributed by atoms with E-state index in [2.05, 4.69) is 4.99 Å². The van der Waals surface area contributed by atoms with E-state index in [0.29, 0.717) is 11.3 Å². The number of esters is 1. The largest absolute Gasteiger partial charge is 0.462 e. The minimum atomic E-state index is -1.30. The minimum Gasteiger partial charge on any atom is -0.462 e. The molecule has 1 aliphatic heterocycles. The number of halogens is 3. The molecule has 0 bridgehead atoms. The fourth-order valence-corrected chi connectivity index (χ4v) is 2.97. The van der Waals surface area contributed by atoms with Gasteiger partial charge in [-0.15, -0.1) is 11.6 Å². The Morgan fingerprint density at radius 1 is 1.21 bits per heavy atom. The molecule has 1 unspecified atom stereocenters. The number of amides is 2. The lowest BCUT2D eigenvalue weighted by molar-refractivity contribution is -0.120. The molecule has 1 heterocycles. The molecule has 144 valence electrons. The van der Waals surface area contributed by atoms with E-state index in [1.165, 1.54) is 30.3 Å². The van der Waals surface area contributed by atoms with E-state index in [9.17, 15) is 18.8 Å². The van der Waals surface area contributed by atoms with Gasteiger partial charge in [-0.1, -0.05) is 11.6 Å². The van der Waals surface area contributed by atoms with Crippen LogP contribution >= 0.6 is 23.2 Å². The summed E-state index contributed by atoms with van der Waals surface area (Å²) in [4.78, 5) is 41.7. The fourth-order valence-electron chi connectivity index (χ4n) is 2.55. The molecular weight excluding hydrogens is 410 g/mol. The number of rotatable bonds is 4. The van der Waals surface area contributed by atoms with Crippen molar-refractivity contribution >= 4 is 58.1 Å². The summed E-state index contributed by atoms with van der Waals surface area (Å²) in [7, 11) is 0. The second-order valence-electron chi connectivity index (χ2n) is 5.70. The molecule has 0 aromatic heterocycles. The molecule has 2 amide bonds. The Morgan fingerprint density at radius 3 is 2.50 bits per heavy atom. The fraction of sp³-hybridized carbons (Fsp3) is 0.158. The maximum absolute atomic E-state index is 13.4. The highest BCUT2D eigenvalue weighted by molar-refractivity contribution is 6.68. The van der Waals surface area contributed by atoms with Gasteiger partial charge in [-0.05, 0) is 49.4 Å². The van der Waals surface area contributed by atoms with Gasteiger partial charge in [-0.2, -0.15) is 0 Å². The van der Waals surface area contributed by atoms with E-state index in [1.54, 1.807) is 6.92 Å². The molecule has 3 rings (SSSR count). The van der Waals surface area contributed by atoms with Crippen molar-refractivity contribution in [1.82, 2.24) is 0 Å². The third-order valence-electron chi connectivity index (χ3n) is 3.89. The average molecular weight is 423 g/mol. The number of aliphatic imine (C=N–C) groups is 1. The van der Waals surface area contributed by atoms with Crippen molar-refractivity contribution in [1.29, 1.82) is 0 Å². The number of imide groups is 1. The molecule has 9 heteroatoms. The summed E-state index contributed by atoms with van der Waals surface area (Å²) >= 11 is 11.8. The maximum Gasteiger partial charge on any atom is 0.338 e. The van der Waals surface area contributed by atoms with Crippen LogP contribution in [-0.4, -0.2) is 35.5 Å². The van der Waals surface area contributed by atoms with Crippen LogP contribution in [0, 0.1) is 5.82 Å². The molecule has 1 atom stereocenters. The highest BCUT2D eigenvalue weighted by Gasteiger charge is 2.45. The first kappa shape index (κ1) is 20.0. The summed E-state index contributed by atoms with van der Waals surface area (Å²) in [6, 6.07) is 9.42. The van der Waals surface area contributed by atoms with Crippen LogP contribution in [0.1, 0.15) is 17.3 Å². The van der Waals surface area contributed by atoms with Crippen molar-refractivity contribution in [3.05, 3.63) is 58.9 Å². The zero-order valence-electron chi connectivity index (χ0n) is 14.5. The molecule has 0 aliphatic carbocycles. The molecule has 1 saturated heterocycles. The Hall–Kier alpha value is -2.77. The van der Waals surface area contributed by atoms with Crippen molar-refractivity contribution in [2.75, 3.05) is 11.5 Å². The Kier molecular flexibility index (Phi) is 5.76. The van der Waals surface area contributed by atoms with Crippen LogP contribution in [0.5, 0.6) is 0 Å². The van der Waals surface area contributed by atoms with Crippen molar-refractivity contribution < 1.29 is 23.5 Å². The van der Waals surface area contributed by atoms with Crippen molar-refractivity contribution in [2.24, 2.45) is 4.99 Å². The van der Waals surface area contributed by atoms with Crippen LogP contribution in [0.2, 0.25) is 5.02 Å². The van der Waals surface area contributed by atoms with E-state index in [4.69, 9.17) is 27.9 Å². The minimum absolute atomic E-state index is 0.0925. The number of ether oxygens (including phenoxy) is 1. The average Bonchev–Trinajstić information content (AvgIpc) is 2.88. The van der Waals surface area contributed by atoms with Crippen LogP contribution in [0.3, 0.4) is 0 Å². The Morgan fingerprint density at radius 2 is 1.89 bits per heavy atom. The van der Waals surface area contributed by atoms with Gasteiger partial charge in [0.2, 0.25) is 0 Å². The van der Waals surface area contributed by atoms with E-state index in [0.717, 1.165) is 17.0 Å². The van der Waals surface area contributed by atoms with Gasteiger partial charge in [0.1, 0.15) is 11.5 Å². The van der Waals surface area contributed by atoms with Crippen LogP contribution in [0.15, 0.2) is 47.5 Å². The first-order chi connectivity index (χ1) is 13.3. The Balaban J connectivity index is 1.90. The summed E-state index contributed by atoms with van der Waals surface area (Å²) in [5, 5.41) is -1.54. The highest BCUT2D eigenvalue weighted by atomic mass is 35.5. The quantitative estimate of drug-likeness (QED) is 0.425. The molecule has 2 aromatic carbocycles. The predicted octanol–water partition coefficient (Wildman–Crippen LogP) is 3.91. The first-order valence-electron chi connectivity index (χ1n) is 8.16. The van der Waals surface area contributed by atoms with Crippen LogP contribution in [0.25, 0.3) is 0 Å². The molecule has 28 heavy (non-hydrogen) atoms. The van der Waals surface area contributed by atoms with Crippen LogP contribution < -0.4 is 4.90 Å². The second kappa shape index (κ2) is 8.08. The van der Waals surface area contributed by atoms with Crippen LogP contribution in [0.4, 0.5) is 15.8 Å². The lowest BCUT2D eigenvalue weighted by Gasteiger charge is -2.13. The van der Waals surface area contributed by atoms with Gasteiger partial charge in [0, 0.05) is 0 Å².